The Bertz CT molecular complexity index is 960. The molecule has 1 amide bonds. The van der Waals surface area contributed by atoms with Crippen molar-refractivity contribution >= 4 is 22.9 Å². The number of carbonyl (C=O) groups is 2. The molecule has 0 radical (unpaired) electrons. The molecule has 3 N–H and O–H groups in total. The topological polar surface area (TPSA) is 98.3 Å². The van der Waals surface area contributed by atoms with E-state index in [1.165, 1.54) is 6.07 Å². The number of aromatic nitrogens is 2. The summed E-state index contributed by atoms with van der Waals surface area (Å²) in [7, 11) is 0. The van der Waals surface area contributed by atoms with Crippen molar-refractivity contribution in [1.82, 2.24) is 20.2 Å². The van der Waals surface area contributed by atoms with Crippen LogP contribution in [0.2, 0.25) is 0 Å². The van der Waals surface area contributed by atoms with E-state index in [1.807, 2.05) is 0 Å². The van der Waals surface area contributed by atoms with Crippen molar-refractivity contribution in [3.8, 4) is 0 Å². The van der Waals surface area contributed by atoms with Crippen molar-refractivity contribution in [2.45, 2.75) is 50.6 Å². The molecule has 3 heterocycles. The Morgan fingerprint density at radius 3 is 2.53 bits per heavy atom. The number of aliphatic carboxylic acids is 1. The lowest BCUT2D eigenvalue weighted by atomic mass is 9.61. The van der Waals surface area contributed by atoms with Crippen LogP contribution < -0.4 is 5.32 Å². The number of pyridine rings is 1. The molecule has 3 aliphatic carbocycles. The molecule has 0 spiro atoms. The zero-order valence-corrected chi connectivity index (χ0v) is 16.8. The summed E-state index contributed by atoms with van der Waals surface area (Å²) in [6.07, 6.45) is 8.62. The van der Waals surface area contributed by atoms with Gasteiger partial charge in [0, 0.05) is 36.8 Å². The van der Waals surface area contributed by atoms with Gasteiger partial charge < -0.3 is 20.3 Å². The number of hydrogen-bond donors (Lipinski definition) is 3. The highest BCUT2D eigenvalue weighted by Crippen LogP contribution is 2.45. The molecule has 30 heavy (non-hydrogen) atoms. The smallest absolute Gasteiger partial charge is 0.308 e. The first-order valence-corrected chi connectivity index (χ1v) is 10.9. The molecule has 0 aromatic carbocycles. The van der Waals surface area contributed by atoms with Crippen LogP contribution in [0.5, 0.6) is 0 Å². The number of amides is 1. The number of aromatic amines is 1. The maximum absolute atomic E-state index is 13.6. The van der Waals surface area contributed by atoms with Crippen LogP contribution in [0.1, 0.15) is 48.9 Å². The largest absolute Gasteiger partial charge is 0.481 e. The number of carbonyl (C=O) groups excluding carboxylic acids is 1. The maximum Gasteiger partial charge on any atom is 0.308 e. The SMILES string of the molecule is O=C(O)[C@H]1C2CCC(CC2)C1NC1CCN(C(=O)c2c[nH]c3ncc(F)cc23)CC1. The molecule has 2 aromatic heterocycles. The summed E-state index contributed by atoms with van der Waals surface area (Å²) in [5, 5.41) is 13.9. The van der Waals surface area contributed by atoms with E-state index in [0.717, 1.165) is 44.7 Å². The highest BCUT2D eigenvalue weighted by molar-refractivity contribution is 6.05. The number of carboxylic acid groups (broad SMARTS) is 1. The highest BCUT2D eigenvalue weighted by atomic mass is 19.1. The van der Waals surface area contributed by atoms with Crippen LogP contribution >= 0.6 is 0 Å². The Morgan fingerprint density at radius 1 is 1.13 bits per heavy atom. The zero-order valence-electron chi connectivity index (χ0n) is 16.8. The molecular formula is C22H27FN4O3. The van der Waals surface area contributed by atoms with E-state index >= 15 is 0 Å². The van der Waals surface area contributed by atoms with Crippen LogP contribution in [0.4, 0.5) is 4.39 Å². The second-order valence-electron chi connectivity index (χ2n) is 9.05. The maximum atomic E-state index is 13.6. The van der Waals surface area contributed by atoms with E-state index in [9.17, 15) is 19.1 Å². The molecule has 2 atom stereocenters. The third-order valence-electron chi connectivity index (χ3n) is 7.44. The predicted molar refractivity (Wildman–Crippen MR) is 108 cm³/mol. The predicted octanol–water partition coefficient (Wildman–Crippen LogP) is 2.79. The first-order valence-electron chi connectivity index (χ1n) is 10.9. The first kappa shape index (κ1) is 19.5. The number of halogens is 1. The van der Waals surface area contributed by atoms with E-state index in [-0.39, 0.29) is 23.9 Å². The number of nitrogens with one attached hydrogen (secondary N) is 2. The Morgan fingerprint density at radius 2 is 1.83 bits per heavy atom. The number of likely N-dealkylation sites (tertiary alicyclic amines) is 1. The second kappa shape index (κ2) is 7.65. The third-order valence-corrected chi connectivity index (χ3v) is 7.44. The van der Waals surface area contributed by atoms with Gasteiger partial charge in [0.2, 0.25) is 0 Å². The fourth-order valence-corrected chi connectivity index (χ4v) is 5.89. The summed E-state index contributed by atoms with van der Waals surface area (Å²) in [6, 6.07) is 1.61. The quantitative estimate of drug-likeness (QED) is 0.715. The number of hydrogen-bond acceptors (Lipinski definition) is 4. The molecule has 2 bridgehead atoms. The molecule has 2 aromatic rings. The lowest BCUT2D eigenvalue weighted by Crippen LogP contribution is -2.58. The summed E-state index contributed by atoms with van der Waals surface area (Å²) >= 11 is 0. The Kier molecular flexibility index (Phi) is 4.97. The van der Waals surface area contributed by atoms with Crippen molar-refractivity contribution in [2.24, 2.45) is 17.8 Å². The van der Waals surface area contributed by atoms with Gasteiger partial charge in [-0.3, -0.25) is 9.59 Å². The lowest BCUT2D eigenvalue weighted by Gasteiger charge is -2.49. The Balaban J connectivity index is 1.23. The van der Waals surface area contributed by atoms with E-state index in [2.05, 4.69) is 15.3 Å². The van der Waals surface area contributed by atoms with Gasteiger partial charge in [-0.2, -0.15) is 0 Å². The molecule has 1 aliphatic heterocycles. The van der Waals surface area contributed by atoms with Gasteiger partial charge in [-0.25, -0.2) is 9.37 Å². The number of fused-ring (bicyclic) bond motifs is 4. The van der Waals surface area contributed by atoms with E-state index in [4.69, 9.17) is 0 Å². The van der Waals surface area contributed by atoms with Gasteiger partial charge in [-0.15, -0.1) is 0 Å². The molecule has 1 saturated heterocycles. The van der Waals surface area contributed by atoms with Crippen LogP contribution in [0.25, 0.3) is 11.0 Å². The summed E-state index contributed by atoms with van der Waals surface area (Å²) in [5.74, 6) is -0.798. The molecule has 160 valence electrons. The minimum absolute atomic E-state index is 0.0462. The molecule has 1 unspecified atom stereocenters. The summed E-state index contributed by atoms with van der Waals surface area (Å²) in [4.78, 5) is 33.6. The van der Waals surface area contributed by atoms with Crippen LogP contribution in [-0.4, -0.2) is 57.0 Å². The third kappa shape index (κ3) is 3.37. The van der Waals surface area contributed by atoms with Gasteiger partial charge in [-0.1, -0.05) is 0 Å². The Hall–Kier alpha value is -2.48. The minimum Gasteiger partial charge on any atom is -0.481 e. The fourth-order valence-electron chi connectivity index (χ4n) is 5.89. The molecular weight excluding hydrogens is 387 g/mol. The summed E-state index contributed by atoms with van der Waals surface area (Å²) in [6.45, 7) is 1.20. The van der Waals surface area contributed by atoms with Gasteiger partial charge in [-0.05, 0) is 56.4 Å². The first-order chi connectivity index (χ1) is 14.5. The van der Waals surface area contributed by atoms with Gasteiger partial charge in [0.25, 0.3) is 5.91 Å². The second-order valence-corrected chi connectivity index (χ2v) is 9.05. The minimum atomic E-state index is -0.672. The fraction of sp³-hybridized carbons (Fsp3) is 0.591. The van der Waals surface area contributed by atoms with E-state index in [0.29, 0.717) is 41.5 Å². The number of rotatable bonds is 4. The average molecular weight is 414 g/mol. The molecule has 6 rings (SSSR count). The van der Waals surface area contributed by atoms with Crippen LogP contribution in [0, 0.1) is 23.6 Å². The van der Waals surface area contributed by atoms with Crippen molar-refractivity contribution in [3.05, 3.63) is 29.8 Å². The van der Waals surface area contributed by atoms with Gasteiger partial charge in [0.05, 0.1) is 17.7 Å². The van der Waals surface area contributed by atoms with Gasteiger partial charge in [0.15, 0.2) is 0 Å². The number of nitrogens with zero attached hydrogens (tertiary/aromatic N) is 2. The molecule has 4 aliphatic rings. The Labute approximate surface area is 174 Å². The lowest BCUT2D eigenvalue weighted by molar-refractivity contribution is -0.150. The molecule has 7 nitrogen and oxygen atoms in total. The van der Waals surface area contributed by atoms with Gasteiger partial charge in [0.1, 0.15) is 11.5 Å². The van der Waals surface area contributed by atoms with E-state index in [1.54, 1.807) is 11.1 Å². The van der Waals surface area contributed by atoms with Gasteiger partial charge >= 0.3 is 5.97 Å². The highest BCUT2D eigenvalue weighted by Gasteiger charge is 2.47. The van der Waals surface area contributed by atoms with Crippen molar-refractivity contribution in [1.29, 1.82) is 0 Å². The number of carboxylic acids is 1. The van der Waals surface area contributed by atoms with Crippen LogP contribution in [-0.2, 0) is 4.79 Å². The van der Waals surface area contributed by atoms with Crippen molar-refractivity contribution in [3.63, 3.8) is 0 Å². The molecule has 4 fully saturated rings. The number of piperidine rings is 1. The normalized spacial score (nSPS) is 29.4. The zero-order chi connectivity index (χ0) is 20.8. The number of H-pyrrole nitrogens is 1. The van der Waals surface area contributed by atoms with E-state index < -0.39 is 11.8 Å². The van der Waals surface area contributed by atoms with Crippen LogP contribution in [0.15, 0.2) is 18.5 Å². The summed E-state index contributed by atoms with van der Waals surface area (Å²) < 4.78 is 13.6. The summed E-state index contributed by atoms with van der Waals surface area (Å²) in [5.41, 5.74) is 0.947. The molecule has 3 saturated carbocycles. The standard InChI is InChI=1S/C22H27FN4O3/c23-14-9-16-17(11-25-20(16)24-10-14)21(28)27-7-5-15(6-8-27)26-19-13-3-1-12(2-4-13)18(19)22(29)30/h9-13,15,18-19,26H,1-8H2,(H,24,25)(H,29,30)/t12?,13?,18-,19?/m0/s1. The van der Waals surface area contributed by atoms with Crippen molar-refractivity contribution in [2.75, 3.05) is 13.1 Å². The van der Waals surface area contributed by atoms with Crippen LogP contribution in [0.3, 0.4) is 0 Å². The monoisotopic (exact) mass is 414 g/mol. The van der Waals surface area contributed by atoms with Crippen molar-refractivity contribution < 1.29 is 19.1 Å². The molecule has 8 heteroatoms. The average Bonchev–Trinajstić information content (AvgIpc) is 3.17.